The number of halogens is 1. The van der Waals surface area contributed by atoms with Crippen LogP contribution in [0.25, 0.3) is 10.2 Å². The summed E-state index contributed by atoms with van der Waals surface area (Å²) in [5.41, 5.74) is 3.61. The molecule has 0 atom stereocenters. The number of aryl methyl sites for hydroxylation is 1. The van der Waals surface area contributed by atoms with Crippen molar-refractivity contribution in [2.24, 2.45) is 0 Å². The van der Waals surface area contributed by atoms with Crippen LogP contribution in [-0.4, -0.2) is 5.33 Å². The summed E-state index contributed by atoms with van der Waals surface area (Å²) in [4.78, 5) is 0. The molecule has 1 heterocycles. The molecule has 0 N–H and O–H groups in total. The van der Waals surface area contributed by atoms with Crippen LogP contribution in [-0.2, 0) is 6.54 Å². The van der Waals surface area contributed by atoms with Crippen LogP contribution in [0.2, 0.25) is 0 Å². The van der Waals surface area contributed by atoms with E-state index in [0.29, 0.717) is 0 Å². The van der Waals surface area contributed by atoms with Gasteiger partial charge in [0.05, 0.1) is 0 Å². The first kappa shape index (κ1) is 11.1. The maximum Gasteiger partial charge on any atom is 0.225 e. The van der Waals surface area contributed by atoms with Gasteiger partial charge in [0.2, 0.25) is 11.0 Å². The first-order chi connectivity index (χ1) is 7.42. The lowest BCUT2D eigenvalue weighted by Crippen LogP contribution is -2.31. The molecule has 2 rings (SSSR count). The Labute approximate surface area is 103 Å². The summed E-state index contributed by atoms with van der Waals surface area (Å²) in [6.45, 7) is 1.15. The Bertz CT molecular complexity index is 424. The van der Waals surface area contributed by atoms with Gasteiger partial charge in [-0.25, -0.2) is 0 Å². The number of fused-ring (bicyclic) bond motifs is 1. The average molecular weight is 285 g/mol. The lowest BCUT2D eigenvalue weighted by Gasteiger charge is -1.94. The van der Waals surface area contributed by atoms with Gasteiger partial charge in [-0.05, 0) is 18.9 Å². The Morgan fingerprint density at radius 3 is 2.87 bits per heavy atom. The first-order valence-corrected chi connectivity index (χ1v) is 7.33. The highest BCUT2D eigenvalue weighted by atomic mass is 79.9. The number of hydrogen-bond acceptors (Lipinski definition) is 1. The van der Waals surface area contributed by atoms with Crippen molar-refractivity contribution in [1.82, 2.24) is 0 Å². The van der Waals surface area contributed by atoms with Crippen molar-refractivity contribution in [3.8, 4) is 0 Å². The molecule has 0 aliphatic rings. The SMILES string of the molecule is BrCCCCC[n+]1csc2ccccc21. The highest BCUT2D eigenvalue weighted by Crippen LogP contribution is 2.15. The number of hydrogen-bond donors (Lipinski definition) is 0. The minimum atomic E-state index is 1.13. The standard InChI is InChI=1S/C12H15BrNS/c13-8-4-1-5-9-14-10-15-12-7-3-2-6-11(12)14/h2-3,6-7,10H,1,4-5,8-9H2/q+1. The van der Waals surface area contributed by atoms with Gasteiger partial charge in [-0.15, -0.1) is 0 Å². The Hall–Kier alpha value is -0.410. The van der Waals surface area contributed by atoms with E-state index in [1.54, 1.807) is 0 Å². The van der Waals surface area contributed by atoms with Crippen LogP contribution in [0.5, 0.6) is 0 Å². The molecule has 0 amide bonds. The van der Waals surface area contributed by atoms with Gasteiger partial charge in [-0.1, -0.05) is 39.4 Å². The Balaban J connectivity index is 2.02. The average Bonchev–Trinajstić information content (AvgIpc) is 2.68. The lowest BCUT2D eigenvalue weighted by molar-refractivity contribution is -0.667. The van der Waals surface area contributed by atoms with Crippen molar-refractivity contribution in [2.45, 2.75) is 25.8 Å². The summed E-state index contributed by atoms with van der Waals surface area (Å²) in [7, 11) is 0. The summed E-state index contributed by atoms with van der Waals surface area (Å²) >= 11 is 5.29. The third-order valence-electron chi connectivity index (χ3n) is 2.51. The summed E-state index contributed by atoms with van der Waals surface area (Å²) in [6, 6.07) is 8.61. The molecule has 0 bridgehead atoms. The zero-order chi connectivity index (χ0) is 10.5. The summed E-state index contributed by atoms with van der Waals surface area (Å²) in [5, 5.41) is 1.13. The van der Waals surface area contributed by atoms with E-state index in [1.807, 2.05) is 11.3 Å². The van der Waals surface area contributed by atoms with Gasteiger partial charge in [-0.3, -0.25) is 0 Å². The van der Waals surface area contributed by atoms with Gasteiger partial charge in [0.25, 0.3) is 0 Å². The molecule has 0 aliphatic carbocycles. The minimum Gasteiger partial charge on any atom is -0.188 e. The van der Waals surface area contributed by atoms with E-state index in [4.69, 9.17) is 0 Å². The molecule has 15 heavy (non-hydrogen) atoms. The van der Waals surface area contributed by atoms with Crippen LogP contribution >= 0.6 is 27.3 Å². The summed E-state index contributed by atoms with van der Waals surface area (Å²) in [5.74, 6) is 0. The van der Waals surface area contributed by atoms with E-state index in [1.165, 1.54) is 29.5 Å². The molecule has 0 saturated heterocycles. The molecular weight excluding hydrogens is 270 g/mol. The van der Waals surface area contributed by atoms with Crippen molar-refractivity contribution in [3.05, 3.63) is 29.8 Å². The largest absolute Gasteiger partial charge is 0.225 e. The molecule has 0 saturated carbocycles. The number of aromatic nitrogens is 1. The van der Waals surface area contributed by atoms with Crippen molar-refractivity contribution >= 4 is 37.5 Å². The van der Waals surface area contributed by atoms with Crippen LogP contribution in [0.15, 0.2) is 29.8 Å². The second kappa shape index (κ2) is 5.61. The van der Waals surface area contributed by atoms with E-state index in [0.717, 1.165) is 11.9 Å². The molecule has 1 aromatic heterocycles. The zero-order valence-electron chi connectivity index (χ0n) is 8.66. The number of para-hydroxylation sites is 1. The molecule has 2 aromatic rings. The molecule has 1 aromatic carbocycles. The van der Waals surface area contributed by atoms with Crippen LogP contribution < -0.4 is 4.57 Å². The number of rotatable bonds is 5. The van der Waals surface area contributed by atoms with Crippen LogP contribution in [0.3, 0.4) is 0 Å². The molecule has 0 radical (unpaired) electrons. The van der Waals surface area contributed by atoms with Gasteiger partial charge < -0.3 is 0 Å². The number of thiazole rings is 1. The molecule has 0 unspecified atom stereocenters. The number of unbranched alkanes of at least 4 members (excludes halogenated alkanes) is 2. The fourth-order valence-corrected chi connectivity index (χ4v) is 3.02. The predicted octanol–water partition coefficient (Wildman–Crippen LogP) is 3.75. The van der Waals surface area contributed by atoms with Gasteiger partial charge in [0.1, 0.15) is 11.2 Å². The molecule has 80 valence electrons. The molecule has 0 spiro atoms. The lowest BCUT2D eigenvalue weighted by atomic mass is 10.2. The minimum absolute atomic E-state index is 1.13. The van der Waals surface area contributed by atoms with Crippen LogP contribution in [0.4, 0.5) is 0 Å². The third-order valence-corrected chi connectivity index (χ3v) is 4.03. The third kappa shape index (κ3) is 2.79. The molecule has 3 heteroatoms. The molecular formula is C12H15BrNS+. The topological polar surface area (TPSA) is 3.88 Å². The van der Waals surface area contributed by atoms with Gasteiger partial charge in [0.15, 0.2) is 0 Å². The number of alkyl halides is 1. The van der Waals surface area contributed by atoms with Gasteiger partial charge >= 0.3 is 0 Å². The smallest absolute Gasteiger partial charge is 0.188 e. The Morgan fingerprint density at radius 1 is 1.13 bits per heavy atom. The van der Waals surface area contributed by atoms with E-state index in [9.17, 15) is 0 Å². The molecule has 0 fully saturated rings. The Kier molecular flexibility index (Phi) is 4.15. The van der Waals surface area contributed by atoms with Crippen molar-refractivity contribution in [2.75, 3.05) is 5.33 Å². The molecule has 1 nitrogen and oxygen atoms in total. The maximum atomic E-state index is 3.46. The summed E-state index contributed by atoms with van der Waals surface area (Å²) < 4.78 is 3.76. The van der Waals surface area contributed by atoms with Crippen molar-refractivity contribution in [1.29, 1.82) is 0 Å². The molecule has 0 aliphatic heterocycles. The fraction of sp³-hybridized carbons (Fsp3) is 0.417. The fourth-order valence-electron chi connectivity index (χ4n) is 1.70. The second-order valence-corrected chi connectivity index (χ2v) is 5.31. The second-order valence-electron chi connectivity index (χ2n) is 3.63. The first-order valence-electron chi connectivity index (χ1n) is 5.33. The number of nitrogens with zero attached hydrogens (tertiary/aromatic N) is 1. The Morgan fingerprint density at radius 2 is 2.00 bits per heavy atom. The number of benzene rings is 1. The van der Waals surface area contributed by atoms with Crippen LogP contribution in [0, 0.1) is 0 Å². The normalized spacial score (nSPS) is 11.0. The summed E-state index contributed by atoms with van der Waals surface area (Å²) in [6.07, 6.45) is 3.86. The quantitative estimate of drug-likeness (QED) is 0.447. The predicted molar refractivity (Wildman–Crippen MR) is 69.7 cm³/mol. The monoisotopic (exact) mass is 284 g/mol. The van der Waals surface area contributed by atoms with Crippen molar-refractivity contribution < 1.29 is 4.57 Å². The van der Waals surface area contributed by atoms with Crippen molar-refractivity contribution in [3.63, 3.8) is 0 Å². The highest BCUT2D eigenvalue weighted by Gasteiger charge is 2.09. The van der Waals surface area contributed by atoms with Gasteiger partial charge in [-0.2, -0.15) is 4.57 Å². The van der Waals surface area contributed by atoms with E-state index < -0.39 is 0 Å². The van der Waals surface area contributed by atoms with Gasteiger partial charge in [0, 0.05) is 17.8 Å². The van der Waals surface area contributed by atoms with Crippen LogP contribution in [0.1, 0.15) is 19.3 Å². The van der Waals surface area contributed by atoms with E-state index in [2.05, 4.69) is 50.3 Å². The zero-order valence-corrected chi connectivity index (χ0v) is 11.1. The van der Waals surface area contributed by atoms with E-state index in [-0.39, 0.29) is 0 Å². The van der Waals surface area contributed by atoms with E-state index >= 15 is 0 Å². The highest BCUT2D eigenvalue weighted by molar-refractivity contribution is 9.09. The maximum absolute atomic E-state index is 3.46.